The van der Waals surface area contributed by atoms with Crippen molar-refractivity contribution in [3.63, 3.8) is 0 Å². The number of primary amides is 1. The molecule has 2 fully saturated rings. The van der Waals surface area contributed by atoms with Crippen LogP contribution in [0.1, 0.15) is 50.1 Å². The zero-order chi connectivity index (χ0) is 20.2. The second-order valence-corrected chi connectivity index (χ2v) is 8.18. The molecule has 1 aliphatic carbocycles. The van der Waals surface area contributed by atoms with Gasteiger partial charge in [0.2, 0.25) is 11.8 Å². The molecule has 0 bridgehead atoms. The molecule has 1 saturated heterocycles. The Hall–Kier alpha value is -2.67. The first-order valence-corrected chi connectivity index (χ1v) is 10.6. The van der Waals surface area contributed by atoms with Crippen LogP contribution in [0.2, 0.25) is 0 Å². The Balaban J connectivity index is 1.45. The molecule has 2 heterocycles. The number of para-hydroxylation sites is 1. The molecule has 29 heavy (non-hydrogen) atoms. The lowest BCUT2D eigenvalue weighted by Crippen LogP contribution is -2.42. The molecule has 0 atom stereocenters. The summed E-state index contributed by atoms with van der Waals surface area (Å²) in [5.74, 6) is 0.833. The number of piperidine rings is 1. The molecule has 4 rings (SSSR count). The van der Waals surface area contributed by atoms with Crippen molar-refractivity contribution in [1.82, 2.24) is 14.7 Å². The number of nitrogens with two attached hydrogens (primary N) is 1. The average molecular weight is 396 g/mol. The predicted octanol–water partition coefficient (Wildman–Crippen LogP) is 2.67. The summed E-state index contributed by atoms with van der Waals surface area (Å²) in [4.78, 5) is 26.1. The van der Waals surface area contributed by atoms with E-state index in [4.69, 9.17) is 10.8 Å². The molecule has 1 aromatic carbocycles. The number of carbonyl (C=O) groups excluding carboxylic acids is 2. The van der Waals surface area contributed by atoms with E-state index in [1.807, 2.05) is 41.1 Å². The molecule has 2 amide bonds. The van der Waals surface area contributed by atoms with Crippen LogP contribution in [-0.4, -0.2) is 46.1 Å². The number of likely N-dealkylation sites (tertiary alicyclic amines) is 1. The van der Waals surface area contributed by atoms with Crippen LogP contribution in [0.5, 0.6) is 0 Å². The van der Waals surface area contributed by atoms with Crippen molar-refractivity contribution >= 4 is 17.6 Å². The lowest BCUT2D eigenvalue weighted by molar-refractivity contribution is -0.123. The number of nitrogens with zero attached hydrogens (tertiary/aromatic N) is 3. The highest BCUT2D eigenvalue weighted by Crippen LogP contribution is 2.35. The number of benzene rings is 1. The summed E-state index contributed by atoms with van der Waals surface area (Å²) < 4.78 is 1.84. The number of carbonyl (C=O) groups is 2. The molecular weight excluding hydrogens is 366 g/mol. The van der Waals surface area contributed by atoms with Crippen molar-refractivity contribution in [2.24, 2.45) is 11.7 Å². The first-order valence-electron chi connectivity index (χ1n) is 10.6. The van der Waals surface area contributed by atoms with E-state index in [9.17, 15) is 9.59 Å². The van der Waals surface area contributed by atoms with Crippen molar-refractivity contribution in [2.75, 3.05) is 25.0 Å². The fraction of sp³-hybridized carbons (Fsp3) is 0.500. The topological polar surface area (TPSA) is 93.2 Å². The fourth-order valence-electron chi connectivity index (χ4n) is 4.44. The highest BCUT2D eigenvalue weighted by Gasteiger charge is 2.25. The van der Waals surface area contributed by atoms with E-state index in [0.717, 1.165) is 42.9 Å². The SMILES string of the molecule is NC(=O)C1CCN(CC(=O)Nc2cc(C3CCCC3)nn2-c2ccccc2)CC1. The molecule has 7 nitrogen and oxygen atoms in total. The van der Waals surface area contributed by atoms with Gasteiger partial charge in [0.15, 0.2) is 0 Å². The molecular formula is C22H29N5O2. The van der Waals surface area contributed by atoms with Crippen LogP contribution in [0.15, 0.2) is 36.4 Å². The van der Waals surface area contributed by atoms with Crippen LogP contribution in [0, 0.1) is 5.92 Å². The van der Waals surface area contributed by atoms with Gasteiger partial charge in [-0.1, -0.05) is 31.0 Å². The van der Waals surface area contributed by atoms with Crippen LogP contribution in [-0.2, 0) is 9.59 Å². The Labute approximate surface area is 171 Å². The van der Waals surface area contributed by atoms with Crippen molar-refractivity contribution in [2.45, 2.75) is 44.4 Å². The molecule has 0 radical (unpaired) electrons. The predicted molar refractivity (Wildman–Crippen MR) is 112 cm³/mol. The minimum absolute atomic E-state index is 0.0578. The van der Waals surface area contributed by atoms with E-state index in [-0.39, 0.29) is 17.7 Å². The summed E-state index contributed by atoms with van der Waals surface area (Å²) in [6.45, 7) is 1.74. The van der Waals surface area contributed by atoms with Gasteiger partial charge in [-0.05, 0) is 50.9 Å². The number of hydrogen-bond donors (Lipinski definition) is 2. The van der Waals surface area contributed by atoms with Gasteiger partial charge in [0.05, 0.1) is 17.9 Å². The zero-order valence-electron chi connectivity index (χ0n) is 16.7. The standard InChI is InChI=1S/C22H29N5O2/c23-22(29)17-10-12-26(13-11-17)15-21(28)24-20-14-19(16-6-4-5-7-16)25-27(20)18-8-2-1-3-9-18/h1-3,8-9,14,16-17H,4-7,10-13,15H2,(H2,23,29)(H,24,28). The molecule has 1 aliphatic heterocycles. The Morgan fingerprint density at radius 1 is 1.07 bits per heavy atom. The molecule has 7 heteroatoms. The smallest absolute Gasteiger partial charge is 0.239 e. The monoisotopic (exact) mass is 395 g/mol. The highest BCUT2D eigenvalue weighted by atomic mass is 16.2. The minimum atomic E-state index is -0.236. The third kappa shape index (κ3) is 4.67. The normalized spacial score (nSPS) is 18.8. The second-order valence-electron chi connectivity index (χ2n) is 8.18. The molecule has 3 N–H and O–H groups in total. The maximum absolute atomic E-state index is 12.7. The number of hydrogen-bond acceptors (Lipinski definition) is 4. The third-order valence-electron chi connectivity index (χ3n) is 6.13. The van der Waals surface area contributed by atoms with Crippen LogP contribution in [0.3, 0.4) is 0 Å². The van der Waals surface area contributed by atoms with Gasteiger partial charge < -0.3 is 11.1 Å². The summed E-state index contributed by atoms with van der Waals surface area (Å²) in [5.41, 5.74) is 7.39. The first kappa shape index (κ1) is 19.6. The van der Waals surface area contributed by atoms with Crippen molar-refractivity contribution in [3.8, 4) is 5.69 Å². The molecule has 2 aliphatic rings. The molecule has 154 valence electrons. The van der Waals surface area contributed by atoms with Gasteiger partial charge in [-0.3, -0.25) is 14.5 Å². The number of rotatable bonds is 6. The van der Waals surface area contributed by atoms with Gasteiger partial charge in [-0.2, -0.15) is 5.10 Å². The second kappa shape index (κ2) is 8.78. The first-order chi connectivity index (χ1) is 14.1. The Kier molecular flexibility index (Phi) is 5.94. The van der Waals surface area contributed by atoms with Crippen molar-refractivity contribution in [3.05, 3.63) is 42.1 Å². The lowest BCUT2D eigenvalue weighted by Gasteiger charge is -2.29. The molecule has 2 aromatic rings. The van der Waals surface area contributed by atoms with Crippen LogP contribution < -0.4 is 11.1 Å². The van der Waals surface area contributed by atoms with Gasteiger partial charge >= 0.3 is 0 Å². The maximum Gasteiger partial charge on any atom is 0.239 e. The Bertz CT molecular complexity index is 849. The lowest BCUT2D eigenvalue weighted by atomic mass is 9.96. The van der Waals surface area contributed by atoms with Gasteiger partial charge in [0.25, 0.3) is 0 Å². The van der Waals surface area contributed by atoms with E-state index in [1.54, 1.807) is 0 Å². The molecule has 0 spiro atoms. The average Bonchev–Trinajstić information content (AvgIpc) is 3.39. The largest absolute Gasteiger partial charge is 0.369 e. The third-order valence-corrected chi connectivity index (χ3v) is 6.13. The van der Waals surface area contributed by atoms with E-state index in [1.165, 1.54) is 12.8 Å². The van der Waals surface area contributed by atoms with Crippen molar-refractivity contribution in [1.29, 1.82) is 0 Å². The number of aromatic nitrogens is 2. The summed E-state index contributed by atoms with van der Waals surface area (Å²) in [7, 11) is 0. The van der Waals surface area contributed by atoms with Gasteiger partial charge in [-0.15, -0.1) is 0 Å². The minimum Gasteiger partial charge on any atom is -0.369 e. The number of anilines is 1. The van der Waals surface area contributed by atoms with Gasteiger partial charge in [0.1, 0.15) is 5.82 Å². The number of amides is 2. The van der Waals surface area contributed by atoms with Crippen LogP contribution in [0.4, 0.5) is 5.82 Å². The van der Waals surface area contributed by atoms with Crippen LogP contribution in [0.25, 0.3) is 5.69 Å². The maximum atomic E-state index is 12.7. The van der Waals surface area contributed by atoms with Crippen LogP contribution >= 0.6 is 0 Å². The van der Waals surface area contributed by atoms with E-state index < -0.39 is 0 Å². The molecule has 1 saturated carbocycles. The van der Waals surface area contributed by atoms with E-state index >= 15 is 0 Å². The number of nitrogens with one attached hydrogen (secondary N) is 1. The summed E-state index contributed by atoms with van der Waals surface area (Å²) in [6.07, 6.45) is 6.24. The van der Waals surface area contributed by atoms with Crippen molar-refractivity contribution < 1.29 is 9.59 Å². The Morgan fingerprint density at radius 2 is 1.76 bits per heavy atom. The molecule has 1 aromatic heterocycles. The zero-order valence-corrected chi connectivity index (χ0v) is 16.7. The van der Waals surface area contributed by atoms with E-state index in [0.29, 0.717) is 25.6 Å². The summed E-state index contributed by atoms with van der Waals surface area (Å²) in [5, 5.41) is 7.89. The molecule has 0 unspecified atom stereocenters. The van der Waals surface area contributed by atoms with Gasteiger partial charge in [0, 0.05) is 17.9 Å². The fourth-order valence-corrected chi connectivity index (χ4v) is 4.44. The summed E-state index contributed by atoms with van der Waals surface area (Å²) >= 11 is 0. The van der Waals surface area contributed by atoms with Gasteiger partial charge in [-0.25, -0.2) is 4.68 Å². The highest BCUT2D eigenvalue weighted by molar-refractivity contribution is 5.91. The quantitative estimate of drug-likeness (QED) is 0.786. The Morgan fingerprint density at radius 3 is 2.41 bits per heavy atom. The van der Waals surface area contributed by atoms with E-state index in [2.05, 4.69) is 10.2 Å². The summed E-state index contributed by atoms with van der Waals surface area (Å²) in [6, 6.07) is 11.9.